The molecule has 0 unspecified atom stereocenters. The summed E-state index contributed by atoms with van der Waals surface area (Å²) in [6.07, 6.45) is -4.44. The van der Waals surface area contributed by atoms with Crippen LogP contribution in [-0.2, 0) is 6.18 Å². The summed E-state index contributed by atoms with van der Waals surface area (Å²) >= 11 is 1.43. The number of alkyl halides is 3. The lowest BCUT2D eigenvalue weighted by Crippen LogP contribution is -2.38. The van der Waals surface area contributed by atoms with E-state index in [1.807, 2.05) is 19.9 Å². The summed E-state index contributed by atoms with van der Waals surface area (Å²) in [5.74, 6) is -0.352. The van der Waals surface area contributed by atoms with Gasteiger partial charge in [0.1, 0.15) is 0 Å². The number of aryl methyl sites for hydroxylation is 2. The van der Waals surface area contributed by atoms with Gasteiger partial charge in [0.15, 0.2) is 5.13 Å². The summed E-state index contributed by atoms with van der Waals surface area (Å²) in [5.41, 5.74) is 2.44. The zero-order valence-corrected chi connectivity index (χ0v) is 18.9. The Morgan fingerprint density at radius 1 is 1.03 bits per heavy atom. The molecule has 3 rings (SSSR count). The van der Waals surface area contributed by atoms with Gasteiger partial charge in [-0.3, -0.25) is 9.69 Å². The fourth-order valence-electron chi connectivity index (χ4n) is 3.50. The van der Waals surface area contributed by atoms with E-state index in [0.29, 0.717) is 18.2 Å². The lowest BCUT2D eigenvalue weighted by molar-refractivity contribution is -0.137. The molecule has 0 bridgehead atoms. The fourth-order valence-corrected chi connectivity index (χ4v) is 4.54. The highest BCUT2D eigenvalue weighted by Gasteiger charge is 2.31. The summed E-state index contributed by atoms with van der Waals surface area (Å²) in [4.78, 5) is 21.8. The second kappa shape index (κ2) is 9.36. The highest BCUT2D eigenvalue weighted by molar-refractivity contribution is 7.22. The smallest absolute Gasteiger partial charge is 0.302 e. The lowest BCUT2D eigenvalue weighted by atomic mass is 10.1. The topological polar surface area (TPSA) is 36.4 Å². The number of amides is 1. The largest absolute Gasteiger partial charge is 0.416 e. The van der Waals surface area contributed by atoms with Crippen LogP contribution in [0.2, 0.25) is 0 Å². The molecule has 0 N–H and O–H groups in total. The van der Waals surface area contributed by atoms with Crippen LogP contribution in [-0.4, -0.2) is 42.0 Å². The normalized spacial score (nSPS) is 12.0. The van der Waals surface area contributed by atoms with E-state index in [9.17, 15) is 18.0 Å². The monoisotopic (exact) mass is 449 g/mol. The predicted molar refractivity (Wildman–Crippen MR) is 120 cm³/mol. The number of aromatic nitrogens is 1. The van der Waals surface area contributed by atoms with E-state index in [1.165, 1.54) is 23.5 Å². The minimum atomic E-state index is -4.44. The number of carbonyl (C=O) groups is 1. The van der Waals surface area contributed by atoms with Gasteiger partial charge in [0.2, 0.25) is 0 Å². The Hall–Kier alpha value is -2.45. The molecule has 0 saturated heterocycles. The van der Waals surface area contributed by atoms with Crippen LogP contribution in [0, 0.1) is 13.8 Å². The van der Waals surface area contributed by atoms with Gasteiger partial charge in [-0.1, -0.05) is 31.3 Å². The molecule has 2 aromatic carbocycles. The van der Waals surface area contributed by atoms with Crippen molar-refractivity contribution in [1.82, 2.24) is 9.88 Å². The van der Waals surface area contributed by atoms with Gasteiger partial charge in [-0.05, 0) is 68.4 Å². The third kappa shape index (κ3) is 5.25. The van der Waals surface area contributed by atoms with Crippen molar-refractivity contribution in [3.05, 3.63) is 58.7 Å². The van der Waals surface area contributed by atoms with Crippen molar-refractivity contribution < 1.29 is 18.0 Å². The van der Waals surface area contributed by atoms with Gasteiger partial charge in [0.25, 0.3) is 5.91 Å². The number of likely N-dealkylation sites (N-methyl/N-ethyl adjacent to an activating group) is 1. The molecule has 0 spiro atoms. The molecule has 0 aliphatic carbocycles. The average molecular weight is 450 g/mol. The number of anilines is 1. The molecule has 0 aliphatic heterocycles. The van der Waals surface area contributed by atoms with E-state index in [4.69, 9.17) is 4.98 Å². The second-order valence-electron chi connectivity index (χ2n) is 7.49. The Kier molecular flexibility index (Phi) is 7.01. The van der Waals surface area contributed by atoms with E-state index < -0.39 is 11.7 Å². The van der Waals surface area contributed by atoms with Crippen LogP contribution in [0.4, 0.5) is 18.3 Å². The van der Waals surface area contributed by atoms with Gasteiger partial charge in [-0.2, -0.15) is 13.2 Å². The van der Waals surface area contributed by atoms with E-state index in [-0.39, 0.29) is 11.5 Å². The molecule has 0 aliphatic rings. The Bertz CT molecular complexity index is 1060. The SMILES string of the molecule is CCN(CC)CCN(C(=O)c1ccc(C(F)(F)F)cc1)c1nc2cc(C)cc(C)c2s1. The van der Waals surface area contributed by atoms with Crippen LogP contribution in [0.25, 0.3) is 10.2 Å². The van der Waals surface area contributed by atoms with Gasteiger partial charge in [0.05, 0.1) is 15.8 Å². The van der Waals surface area contributed by atoms with Crippen molar-refractivity contribution in [2.24, 2.45) is 0 Å². The molecule has 1 amide bonds. The number of rotatable bonds is 7. The number of carbonyl (C=O) groups excluding carboxylic acids is 1. The Morgan fingerprint density at radius 2 is 1.68 bits per heavy atom. The van der Waals surface area contributed by atoms with Crippen molar-refractivity contribution in [3.8, 4) is 0 Å². The molecule has 0 fully saturated rings. The van der Waals surface area contributed by atoms with E-state index in [1.54, 1.807) is 4.90 Å². The minimum Gasteiger partial charge on any atom is -0.302 e. The summed E-state index contributed by atoms with van der Waals surface area (Å²) in [6, 6.07) is 8.41. The molecule has 8 heteroatoms. The molecule has 0 radical (unpaired) electrons. The summed E-state index contributed by atoms with van der Waals surface area (Å²) in [6.45, 7) is 10.8. The summed E-state index contributed by atoms with van der Waals surface area (Å²) < 4.78 is 39.7. The Labute approximate surface area is 184 Å². The van der Waals surface area contributed by atoms with Crippen LogP contribution in [0.3, 0.4) is 0 Å². The van der Waals surface area contributed by atoms with Crippen molar-refractivity contribution in [2.45, 2.75) is 33.9 Å². The quantitative estimate of drug-likeness (QED) is 0.449. The predicted octanol–water partition coefficient (Wildman–Crippen LogP) is 5.92. The maximum atomic E-state index is 13.3. The molecule has 31 heavy (non-hydrogen) atoms. The van der Waals surface area contributed by atoms with Gasteiger partial charge in [-0.15, -0.1) is 0 Å². The average Bonchev–Trinajstić information content (AvgIpc) is 3.14. The van der Waals surface area contributed by atoms with Gasteiger partial charge < -0.3 is 4.90 Å². The second-order valence-corrected chi connectivity index (χ2v) is 8.46. The highest BCUT2D eigenvalue weighted by Crippen LogP contribution is 2.33. The van der Waals surface area contributed by atoms with Gasteiger partial charge in [-0.25, -0.2) is 4.98 Å². The standard InChI is InChI=1S/C23H26F3N3OS/c1-5-28(6-2)11-12-29(21(30)17-7-9-18(10-8-17)23(24,25)26)22-27-19-14-15(3)13-16(4)20(19)31-22/h7-10,13-14H,5-6,11-12H2,1-4H3. The molecule has 0 saturated carbocycles. The number of benzene rings is 2. The molecular formula is C23H26F3N3OS. The van der Waals surface area contributed by atoms with E-state index in [0.717, 1.165) is 46.6 Å². The van der Waals surface area contributed by atoms with Gasteiger partial charge >= 0.3 is 6.18 Å². The zero-order valence-electron chi connectivity index (χ0n) is 18.1. The number of thiazole rings is 1. The first-order valence-corrected chi connectivity index (χ1v) is 11.0. The van der Waals surface area contributed by atoms with Crippen LogP contribution in [0.1, 0.15) is 40.9 Å². The molecular weight excluding hydrogens is 423 g/mol. The Morgan fingerprint density at radius 3 is 2.26 bits per heavy atom. The summed E-state index contributed by atoms with van der Waals surface area (Å²) in [5, 5.41) is 0.556. The molecule has 166 valence electrons. The molecule has 3 aromatic rings. The first-order valence-electron chi connectivity index (χ1n) is 10.2. The van der Waals surface area contributed by atoms with Crippen molar-refractivity contribution >= 4 is 32.6 Å². The zero-order chi connectivity index (χ0) is 22.8. The first-order chi connectivity index (χ1) is 14.6. The molecule has 4 nitrogen and oxygen atoms in total. The number of hydrogen-bond donors (Lipinski definition) is 0. The summed E-state index contributed by atoms with van der Waals surface area (Å²) in [7, 11) is 0. The number of nitrogens with zero attached hydrogens (tertiary/aromatic N) is 3. The Balaban J connectivity index is 1.98. The number of hydrogen-bond acceptors (Lipinski definition) is 4. The van der Waals surface area contributed by atoms with Crippen molar-refractivity contribution in [2.75, 3.05) is 31.1 Å². The van der Waals surface area contributed by atoms with Gasteiger partial charge in [0, 0.05) is 18.7 Å². The van der Waals surface area contributed by atoms with Crippen molar-refractivity contribution in [3.63, 3.8) is 0 Å². The van der Waals surface area contributed by atoms with Crippen LogP contribution in [0.5, 0.6) is 0 Å². The van der Waals surface area contributed by atoms with Crippen LogP contribution in [0.15, 0.2) is 36.4 Å². The molecule has 0 atom stereocenters. The number of fused-ring (bicyclic) bond motifs is 1. The highest BCUT2D eigenvalue weighted by atomic mass is 32.1. The third-order valence-corrected chi connectivity index (χ3v) is 6.51. The molecule has 1 heterocycles. The fraction of sp³-hybridized carbons (Fsp3) is 0.391. The van der Waals surface area contributed by atoms with E-state index >= 15 is 0 Å². The maximum Gasteiger partial charge on any atom is 0.416 e. The third-order valence-electron chi connectivity index (χ3n) is 5.28. The maximum absolute atomic E-state index is 13.3. The first kappa shape index (κ1) is 23.2. The molecule has 1 aromatic heterocycles. The van der Waals surface area contributed by atoms with E-state index in [2.05, 4.69) is 24.8 Å². The van der Waals surface area contributed by atoms with Crippen molar-refractivity contribution in [1.29, 1.82) is 0 Å². The number of halogens is 3. The van der Waals surface area contributed by atoms with Crippen LogP contribution < -0.4 is 4.90 Å². The lowest BCUT2D eigenvalue weighted by Gasteiger charge is -2.24. The minimum absolute atomic E-state index is 0.208. The van der Waals surface area contributed by atoms with Crippen LogP contribution >= 0.6 is 11.3 Å².